The number of aliphatic hydroxyl groups is 1. The first-order valence-corrected chi connectivity index (χ1v) is 11.5. The monoisotopic (exact) mass is 441 g/mol. The lowest BCUT2D eigenvalue weighted by Gasteiger charge is -2.59. The van der Waals surface area contributed by atoms with E-state index in [9.17, 15) is 14.7 Å². The van der Waals surface area contributed by atoms with Crippen molar-refractivity contribution in [3.8, 4) is 6.07 Å². The SMILES string of the molecule is CC1(C)O[C@@H]2CC3C4CCC5=CC(=O)C=C[C@]5(C)C4[C@@H](O)C[C@]3(C)[C@]2(C(=O)OCC#N)O1. The maximum atomic E-state index is 13.4. The Hall–Kier alpha value is -2.01. The molecule has 1 aliphatic heterocycles. The van der Waals surface area contributed by atoms with E-state index in [2.05, 4.69) is 6.92 Å². The van der Waals surface area contributed by atoms with Gasteiger partial charge in [-0.3, -0.25) is 4.79 Å². The van der Waals surface area contributed by atoms with Gasteiger partial charge in [0.05, 0.1) is 6.10 Å². The highest BCUT2D eigenvalue weighted by atomic mass is 16.8. The first kappa shape index (κ1) is 21.8. The van der Waals surface area contributed by atoms with Crippen molar-refractivity contribution in [2.45, 2.75) is 77.0 Å². The van der Waals surface area contributed by atoms with E-state index >= 15 is 0 Å². The molecule has 7 heteroatoms. The molecule has 172 valence electrons. The number of carbonyl (C=O) groups excluding carboxylic acids is 2. The summed E-state index contributed by atoms with van der Waals surface area (Å²) in [4.78, 5) is 25.4. The van der Waals surface area contributed by atoms with E-state index in [1.807, 2.05) is 19.1 Å². The molecular weight excluding hydrogens is 410 g/mol. The Morgan fingerprint density at radius 2 is 2.09 bits per heavy atom. The molecule has 0 spiro atoms. The van der Waals surface area contributed by atoms with Crippen molar-refractivity contribution in [1.82, 2.24) is 0 Å². The van der Waals surface area contributed by atoms with Crippen LogP contribution in [0.2, 0.25) is 0 Å². The molecule has 4 fully saturated rings. The van der Waals surface area contributed by atoms with E-state index in [1.54, 1.807) is 26.0 Å². The molecule has 4 aliphatic carbocycles. The molecule has 1 saturated heterocycles. The molecule has 5 rings (SSSR count). The number of rotatable bonds is 2. The van der Waals surface area contributed by atoms with E-state index in [4.69, 9.17) is 19.5 Å². The summed E-state index contributed by atoms with van der Waals surface area (Å²) >= 11 is 0. The molecule has 0 amide bonds. The summed E-state index contributed by atoms with van der Waals surface area (Å²) in [6, 6.07) is 1.87. The second-order valence-corrected chi connectivity index (χ2v) is 11.0. The van der Waals surface area contributed by atoms with E-state index in [0.29, 0.717) is 12.8 Å². The molecule has 7 nitrogen and oxygen atoms in total. The Balaban J connectivity index is 1.57. The van der Waals surface area contributed by atoms with Gasteiger partial charge in [0.2, 0.25) is 0 Å². The molecule has 3 unspecified atom stereocenters. The minimum atomic E-state index is -1.36. The van der Waals surface area contributed by atoms with Gasteiger partial charge in [-0.1, -0.05) is 25.5 Å². The summed E-state index contributed by atoms with van der Waals surface area (Å²) in [5.41, 5.74) is -1.36. The molecule has 3 saturated carbocycles. The van der Waals surface area contributed by atoms with Gasteiger partial charge in [0.1, 0.15) is 12.2 Å². The van der Waals surface area contributed by atoms with E-state index in [-0.39, 0.29) is 35.6 Å². The predicted octanol–water partition coefficient (Wildman–Crippen LogP) is 2.83. The van der Waals surface area contributed by atoms with Gasteiger partial charge in [0.15, 0.2) is 23.8 Å². The highest BCUT2D eigenvalue weighted by molar-refractivity contribution is 6.01. The van der Waals surface area contributed by atoms with Crippen molar-refractivity contribution in [2.75, 3.05) is 6.61 Å². The van der Waals surface area contributed by atoms with Crippen molar-refractivity contribution in [3.63, 3.8) is 0 Å². The van der Waals surface area contributed by atoms with Crippen LogP contribution in [0.5, 0.6) is 0 Å². The third-order valence-electron chi connectivity index (χ3n) is 9.06. The highest BCUT2D eigenvalue weighted by Crippen LogP contribution is 2.70. The van der Waals surface area contributed by atoms with Crippen molar-refractivity contribution in [3.05, 3.63) is 23.8 Å². The van der Waals surface area contributed by atoms with E-state index in [1.165, 1.54) is 0 Å². The molecule has 1 N–H and O–H groups in total. The number of hydrogen-bond donors (Lipinski definition) is 1. The summed E-state index contributed by atoms with van der Waals surface area (Å²) in [6.07, 6.45) is 6.75. The second kappa shape index (κ2) is 6.75. The third kappa shape index (κ3) is 2.63. The topological polar surface area (TPSA) is 106 Å². The molecule has 1 heterocycles. The normalized spacial score (nSPS) is 48.1. The lowest BCUT2D eigenvalue weighted by Crippen LogP contribution is -2.63. The van der Waals surface area contributed by atoms with Crippen LogP contribution in [0.1, 0.15) is 53.4 Å². The van der Waals surface area contributed by atoms with Crippen molar-refractivity contribution >= 4 is 11.8 Å². The Morgan fingerprint density at radius 3 is 2.81 bits per heavy atom. The zero-order valence-electron chi connectivity index (χ0n) is 19.1. The molecule has 32 heavy (non-hydrogen) atoms. The van der Waals surface area contributed by atoms with Crippen LogP contribution in [0.15, 0.2) is 23.8 Å². The standard InChI is InChI=1S/C25H31NO6/c1-22(2)31-19-12-17-16-6-5-14-11-15(27)7-8-23(14,3)20(16)18(28)13-24(17,4)25(19,32-22)21(29)30-10-9-26/h7-8,11,16-20,28H,5-6,10,12-13H2,1-4H3/t16?,17?,18-,19+,20?,23-,24-,25-/m0/s1. The number of carbonyl (C=O) groups is 2. The predicted molar refractivity (Wildman–Crippen MR) is 113 cm³/mol. The van der Waals surface area contributed by atoms with Gasteiger partial charge in [0.25, 0.3) is 0 Å². The third-order valence-corrected chi connectivity index (χ3v) is 9.06. The summed E-state index contributed by atoms with van der Waals surface area (Å²) in [6.45, 7) is 7.36. The van der Waals surface area contributed by atoms with Gasteiger partial charge in [-0.15, -0.1) is 0 Å². The fraction of sp³-hybridized carbons (Fsp3) is 0.720. The first-order valence-electron chi connectivity index (χ1n) is 11.5. The first-order chi connectivity index (χ1) is 15.0. The Morgan fingerprint density at radius 1 is 1.34 bits per heavy atom. The van der Waals surface area contributed by atoms with E-state index < -0.39 is 35.0 Å². The maximum absolute atomic E-state index is 13.4. The van der Waals surface area contributed by atoms with Gasteiger partial charge in [0, 0.05) is 16.7 Å². The van der Waals surface area contributed by atoms with Gasteiger partial charge in [-0.2, -0.15) is 5.26 Å². The number of hydrogen-bond acceptors (Lipinski definition) is 7. The fourth-order valence-corrected chi connectivity index (χ4v) is 7.98. The van der Waals surface area contributed by atoms with Crippen LogP contribution in [-0.2, 0) is 23.8 Å². The Kier molecular flexibility index (Phi) is 4.60. The molecule has 0 aromatic carbocycles. The summed E-state index contributed by atoms with van der Waals surface area (Å²) in [5.74, 6) is -1.36. The smallest absolute Gasteiger partial charge is 0.342 e. The van der Waals surface area contributed by atoms with E-state index in [0.717, 1.165) is 18.4 Å². The number of ether oxygens (including phenoxy) is 3. The highest BCUT2D eigenvalue weighted by Gasteiger charge is 2.78. The summed E-state index contributed by atoms with van der Waals surface area (Å²) in [5, 5.41) is 20.5. The number of nitrogens with zero attached hydrogens (tertiary/aromatic N) is 1. The van der Waals surface area contributed by atoms with Crippen molar-refractivity contribution in [1.29, 1.82) is 5.26 Å². The largest absolute Gasteiger partial charge is 0.448 e. The Bertz CT molecular complexity index is 977. The molecule has 8 atom stereocenters. The molecule has 0 bridgehead atoms. The van der Waals surface area contributed by atoms with Gasteiger partial charge in [-0.05, 0) is 63.5 Å². The van der Waals surface area contributed by atoms with Crippen molar-refractivity contribution in [2.24, 2.45) is 28.6 Å². The number of fused-ring (bicyclic) bond motifs is 7. The number of aliphatic hydroxyl groups excluding tert-OH is 1. The lowest BCUT2D eigenvalue weighted by atomic mass is 9.46. The number of nitriles is 1. The number of esters is 1. The summed E-state index contributed by atoms with van der Waals surface area (Å²) in [7, 11) is 0. The molecule has 0 radical (unpaired) electrons. The van der Waals surface area contributed by atoms with Crippen LogP contribution >= 0.6 is 0 Å². The average molecular weight is 442 g/mol. The lowest BCUT2D eigenvalue weighted by molar-refractivity contribution is -0.235. The number of ketones is 1. The number of allylic oxidation sites excluding steroid dienone is 4. The van der Waals surface area contributed by atoms with Gasteiger partial charge in [-0.25, -0.2) is 4.79 Å². The van der Waals surface area contributed by atoms with Crippen LogP contribution in [0.4, 0.5) is 0 Å². The zero-order chi connectivity index (χ0) is 23.1. The second-order valence-electron chi connectivity index (χ2n) is 11.0. The van der Waals surface area contributed by atoms with Crippen molar-refractivity contribution < 1.29 is 28.9 Å². The maximum Gasteiger partial charge on any atom is 0.342 e. The zero-order valence-corrected chi connectivity index (χ0v) is 19.1. The van der Waals surface area contributed by atoms with Gasteiger partial charge >= 0.3 is 5.97 Å². The minimum Gasteiger partial charge on any atom is -0.448 e. The van der Waals surface area contributed by atoms with Crippen LogP contribution in [-0.4, -0.2) is 47.1 Å². The fourth-order valence-electron chi connectivity index (χ4n) is 7.98. The quantitative estimate of drug-likeness (QED) is 0.657. The van der Waals surface area contributed by atoms with Crippen LogP contribution in [0.25, 0.3) is 0 Å². The molecule has 0 aromatic heterocycles. The molecule has 0 aromatic rings. The summed E-state index contributed by atoms with van der Waals surface area (Å²) < 4.78 is 17.9. The molecule has 5 aliphatic rings. The molecular formula is C25H31NO6. The van der Waals surface area contributed by atoms with Crippen LogP contribution < -0.4 is 0 Å². The average Bonchev–Trinajstić information content (AvgIpc) is 3.12. The van der Waals surface area contributed by atoms with Crippen LogP contribution in [0, 0.1) is 39.9 Å². The van der Waals surface area contributed by atoms with Crippen LogP contribution in [0.3, 0.4) is 0 Å². The van der Waals surface area contributed by atoms with Gasteiger partial charge < -0.3 is 19.3 Å². The Labute approximate surface area is 188 Å². The minimum absolute atomic E-state index is 0.00434.